The molecule has 9 heteroatoms. The molecule has 2 amide bonds. The van der Waals surface area contributed by atoms with Gasteiger partial charge in [0.2, 0.25) is 5.95 Å². The van der Waals surface area contributed by atoms with Crippen molar-refractivity contribution in [2.75, 3.05) is 17.2 Å². The number of fused-ring (bicyclic) bond motifs is 1. The van der Waals surface area contributed by atoms with Gasteiger partial charge in [-0.05, 0) is 81.8 Å². The van der Waals surface area contributed by atoms with Crippen molar-refractivity contribution in [2.45, 2.75) is 70.6 Å². The highest BCUT2D eigenvalue weighted by molar-refractivity contribution is 5.93. The fourth-order valence-corrected chi connectivity index (χ4v) is 4.48. The summed E-state index contributed by atoms with van der Waals surface area (Å²) in [7, 11) is 0. The van der Waals surface area contributed by atoms with E-state index in [4.69, 9.17) is 4.98 Å². The first-order valence-electron chi connectivity index (χ1n) is 12.6. The molecule has 0 saturated heterocycles. The molecule has 0 bridgehead atoms. The van der Waals surface area contributed by atoms with Crippen LogP contribution in [0.3, 0.4) is 0 Å². The summed E-state index contributed by atoms with van der Waals surface area (Å²) < 4.78 is 13.8. The minimum Gasteiger partial charge on any atom is -0.394 e. The molecule has 5 N–H and O–H groups in total. The van der Waals surface area contributed by atoms with Crippen LogP contribution in [0.5, 0.6) is 0 Å². The second-order valence-corrected chi connectivity index (χ2v) is 9.83. The molecule has 3 aromatic rings. The van der Waals surface area contributed by atoms with Crippen LogP contribution in [-0.2, 0) is 0 Å². The third-order valence-corrected chi connectivity index (χ3v) is 6.33. The molecule has 1 heterocycles. The quantitative estimate of drug-likeness (QED) is 0.312. The van der Waals surface area contributed by atoms with Gasteiger partial charge in [0.25, 0.3) is 0 Å². The Morgan fingerprint density at radius 2 is 1.75 bits per heavy atom. The third kappa shape index (κ3) is 6.60. The van der Waals surface area contributed by atoms with E-state index in [1.165, 1.54) is 12.1 Å². The number of anilines is 2. The lowest BCUT2D eigenvalue weighted by Crippen LogP contribution is -2.46. The van der Waals surface area contributed by atoms with Gasteiger partial charge in [-0.1, -0.05) is 18.2 Å². The summed E-state index contributed by atoms with van der Waals surface area (Å²) in [6.07, 6.45) is 3.51. The Kier molecular flexibility index (Phi) is 8.20. The largest absolute Gasteiger partial charge is 0.394 e. The van der Waals surface area contributed by atoms with Gasteiger partial charge in [0.1, 0.15) is 11.6 Å². The minimum atomic E-state index is -0.285. The van der Waals surface area contributed by atoms with Gasteiger partial charge in [-0.15, -0.1) is 0 Å². The molecule has 1 fully saturated rings. The molecule has 4 rings (SSSR count). The molecular formula is C27H35FN6O2. The molecule has 1 atom stereocenters. The highest BCUT2D eigenvalue weighted by Crippen LogP contribution is 2.31. The Morgan fingerprint density at radius 1 is 1.03 bits per heavy atom. The van der Waals surface area contributed by atoms with Crippen LogP contribution in [0.4, 0.5) is 21.0 Å². The normalized spacial score (nSPS) is 18.6. The zero-order valence-electron chi connectivity index (χ0n) is 21.0. The average Bonchev–Trinajstić information content (AvgIpc) is 2.84. The number of hydrogen-bond donors (Lipinski definition) is 5. The molecule has 8 nitrogen and oxygen atoms in total. The number of carbonyl (C=O) groups is 1. The van der Waals surface area contributed by atoms with Crippen molar-refractivity contribution >= 4 is 28.7 Å². The van der Waals surface area contributed by atoms with Crippen LogP contribution >= 0.6 is 0 Å². The van der Waals surface area contributed by atoms with Crippen molar-refractivity contribution in [3.8, 4) is 11.1 Å². The van der Waals surface area contributed by atoms with Crippen molar-refractivity contribution in [1.82, 2.24) is 20.6 Å². The summed E-state index contributed by atoms with van der Waals surface area (Å²) in [5.74, 6) is 0.845. The number of amides is 2. The van der Waals surface area contributed by atoms with Gasteiger partial charge in [-0.25, -0.2) is 14.2 Å². The highest BCUT2D eigenvalue weighted by Gasteiger charge is 2.24. The first-order valence-corrected chi connectivity index (χ1v) is 12.6. The number of carbonyl (C=O) groups excluding carboxylic acids is 1. The van der Waals surface area contributed by atoms with Crippen LogP contribution in [-0.4, -0.2) is 51.9 Å². The number of hydrogen-bond acceptors (Lipinski definition) is 6. The minimum absolute atomic E-state index is 0.0376. The molecule has 0 radical (unpaired) electrons. The lowest BCUT2D eigenvalue weighted by atomic mass is 9.91. The Bertz CT molecular complexity index is 1200. The Hall–Kier alpha value is -3.46. The zero-order chi connectivity index (χ0) is 25.7. The molecule has 1 aliphatic carbocycles. The van der Waals surface area contributed by atoms with Gasteiger partial charge in [0.15, 0.2) is 0 Å². The lowest BCUT2D eigenvalue weighted by molar-refractivity contribution is 0.229. The van der Waals surface area contributed by atoms with E-state index in [-0.39, 0.29) is 42.6 Å². The summed E-state index contributed by atoms with van der Waals surface area (Å²) in [5.41, 5.74) is 2.41. The van der Waals surface area contributed by atoms with Crippen molar-refractivity contribution in [1.29, 1.82) is 0 Å². The van der Waals surface area contributed by atoms with E-state index in [1.807, 2.05) is 45.0 Å². The van der Waals surface area contributed by atoms with Crippen LogP contribution in [0.2, 0.25) is 0 Å². The number of aliphatic hydroxyl groups excluding tert-OH is 1. The number of nitrogens with one attached hydrogen (secondary N) is 4. The van der Waals surface area contributed by atoms with Crippen molar-refractivity contribution in [2.24, 2.45) is 0 Å². The summed E-state index contributed by atoms with van der Waals surface area (Å²) in [5, 5.41) is 23.0. The molecule has 1 saturated carbocycles. The number of aromatic nitrogens is 2. The number of rotatable bonds is 8. The second kappa shape index (κ2) is 11.5. The van der Waals surface area contributed by atoms with Crippen LogP contribution in [0, 0.1) is 5.82 Å². The number of benzene rings is 2. The van der Waals surface area contributed by atoms with Gasteiger partial charge in [0.05, 0.1) is 12.1 Å². The van der Waals surface area contributed by atoms with Gasteiger partial charge in [-0.3, -0.25) is 0 Å². The Balaban J connectivity index is 1.56. The molecular weight excluding hydrogens is 459 g/mol. The van der Waals surface area contributed by atoms with E-state index in [0.717, 1.165) is 47.7 Å². The zero-order valence-corrected chi connectivity index (χ0v) is 21.0. The summed E-state index contributed by atoms with van der Waals surface area (Å²) in [6, 6.07) is 12.4. The van der Waals surface area contributed by atoms with E-state index in [2.05, 4.69) is 26.3 Å². The van der Waals surface area contributed by atoms with Gasteiger partial charge >= 0.3 is 6.03 Å². The molecule has 2 aromatic carbocycles. The Labute approximate surface area is 211 Å². The maximum Gasteiger partial charge on any atom is 0.315 e. The van der Waals surface area contributed by atoms with Crippen molar-refractivity contribution in [3.05, 3.63) is 48.3 Å². The molecule has 0 aliphatic heterocycles. The highest BCUT2D eigenvalue weighted by atomic mass is 19.1. The number of nitrogens with zero attached hydrogens (tertiary/aromatic N) is 2. The predicted molar refractivity (Wildman–Crippen MR) is 142 cm³/mol. The van der Waals surface area contributed by atoms with Crippen LogP contribution in [0.25, 0.3) is 22.0 Å². The van der Waals surface area contributed by atoms with E-state index >= 15 is 0 Å². The van der Waals surface area contributed by atoms with E-state index < -0.39 is 0 Å². The van der Waals surface area contributed by atoms with Crippen LogP contribution in [0.1, 0.15) is 46.5 Å². The maximum absolute atomic E-state index is 13.8. The summed E-state index contributed by atoms with van der Waals surface area (Å²) >= 11 is 0. The van der Waals surface area contributed by atoms with Crippen LogP contribution in [0.15, 0.2) is 42.5 Å². The SMILES string of the molecule is CC(C)NC(=O)NC1CCC(Nc2nc(N[C@H](C)CO)nc3ccc(-c4cccc(F)c4)cc23)CC1. The average molecular weight is 495 g/mol. The number of urea groups is 1. The topological polar surface area (TPSA) is 111 Å². The summed E-state index contributed by atoms with van der Waals surface area (Å²) in [6.45, 7) is 5.70. The second-order valence-electron chi connectivity index (χ2n) is 9.83. The standard InChI is InChI=1S/C27H35FN6O2/c1-16(2)29-27(36)32-22-10-8-21(9-11-22)31-25-23-14-19(18-5-4-6-20(28)13-18)7-12-24(23)33-26(34-25)30-17(3)15-35/h4-7,12-14,16-17,21-22,35H,8-11,15H2,1-3H3,(H2,29,32,36)(H2,30,31,33,34)/t17-,21?,22?/m1/s1. The lowest BCUT2D eigenvalue weighted by Gasteiger charge is -2.30. The maximum atomic E-state index is 13.8. The molecule has 36 heavy (non-hydrogen) atoms. The molecule has 1 aromatic heterocycles. The summed E-state index contributed by atoms with van der Waals surface area (Å²) in [4.78, 5) is 21.4. The molecule has 0 spiro atoms. The monoisotopic (exact) mass is 494 g/mol. The van der Waals surface area contributed by atoms with Crippen molar-refractivity contribution in [3.63, 3.8) is 0 Å². The fourth-order valence-electron chi connectivity index (χ4n) is 4.48. The molecule has 192 valence electrons. The van der Waals surface area contributed by atoms with Gasteiger partial charge in [0, 0.05) is 29.6 Å². The number of halogens is 1. The van der Waals surface area contributed by atoms with Crippen molar-refractivity contribution < 1.29 is 14.3 Å². The van der Waals surface area contributed by atoms with Gasteiger partial charge in [-0.2, -0.15) is 4.98 Å². The van der Waals surface area contributed by atoms with Crippen LogP contribution < -0.4 is 21.3 Å². The van der Waals surface area contributed by atoms with E-state index in [1.54, 1.807) is 6.07 Å². The predicted octanol–water partition coefficient (Wildman–Crippen LogP) is 4.66. The first kappa shape index (κ1) is 25.6. The van der Waals surface area contributed by atoms with E-state index in [9.17, 15) is 14.3 Å². The first-order chi connectivity index (χ1) is 17.3. The van der Waals surface area contributed by atoms with Gasteiger partial charge < -0.3 is 26.4 Å². The smallest absolute Gasteiger partial charge is 0.315 e. The number of aliphatic hydroxyl groups is 1. The van der Waals surface area contributed by atoms with E-state index in [0.29, 0.717) is 11.8 Å². The molecule has 1 aliphatic rings. The third-order valence-electron chi connectivity index (χ3n) is 6.33. The molecule has 0 unspecified atom stereocenters. The Morgan fingerprint density at radius 3 is 2.44 bits per heavy atom. The fraction of sp³-hybridized carbons (Fsp3) is 0.444.